The van der Waals surface area contributed by atoms with E-state index in [9.17, 15) is 9.59 Å². The van der Waals surface area contributed by atoms with Gasteiger partial charge in [0.25, 0.3) is 5.91 Å². The number of hydrogen-bond donors (Lipinski definition) is 2. The summed E-state index contributed by atoms with van der Waals surface area (Å²) in [5, 5.41) is 5.92. The predicted molar refractivity (Wildman–Crippen MR) is 161 cm³/mol. The molecule has 41 heavy (non-hydrogen) atoms. The molecule has 5 aliphatic rings. The van der Waals surface area contributed by atoms with Crippen molar-refractivity contribution in [1.29, 1.82) is 0 Å². The molecule has 3 heterocycles. The van der Waals surface area contributed by atoms with Gasteiger partial charge >= 0.3 is 0 Å². The molecule has 1 saturated heterocycles. The Bertz CT molecular complexity index is 1500. The molecule has 0 unspecified atom stereocenters. The van der Waals surface area contributed by atoms with Crippen molar-refractivity contribution in [2.24, 2.45) is 23.2 Å². The van der Waals surface area contributed by atoms with Gasteiger partial charge in [0.05, 0.1) is 15.1 Å². The van der Waals surface area contributed by atoms with Crippen molar-refractivity contribution >= 4 is 56.4 Å². The quantitative estimate of drug-likeness (QED) is 0.304. The van der Waals surface area contributed by atoms with Crippen molar-refractivity contribution in [3.05, 3.63) is 47.2 Å². The number of ether oxygens (including phenoxy) is 1. The van der Waals surface area contributed by atoms with Crippen molar-refractivity contribution in [2.75, 3.05) is 18.4 Å². The maximum absolute atomic E-state index is 15.1. The lowest BCUT2D eigenvalue weighted by Gasteiger charge is -2.56. The number of amides is 2. The van der Waals surface area contributed by atoms with Crippen LogP contribution >= 0.6 is 23.6 Å². The normalized spacial score (nSPS) is 26.4. The molecule has 4 aliphatic carbocycles. The van der Waals surface area contributed by atoms with Gasteiger partial charge in [0, 0.05) is 43.5 Å². The third-order valence-electron chi connectivity index (χ3n) is 9.34. The molecule has 4 bridgehead atoms. The number of hydrogen-bond acceptors (Lipinski definition) is 6. The van der Waals surface area contributed by atoms with Gasteiger partial charge in [0.2, 0.25) is 5.91 Å². The third kappa shape index (κ3) is 5.44. The van der Waals surface area contributed by atoms with Crippen LogP contribution in [0.5, 0.6) is 11.5 Å². The Morgan fingerprint density at radius 2 is 1.76 bits per heavy atom. The average Bonchev–Trinajstić information content (AvgIpc) is 3.59. The van der Waals surface area contributed by atoms with Gasteiger partial charge < -0.3 is 20.3 Å². The molecule has 2 N–H and O–H groups in total. The first-order chi connectivity index (χ1) is 19.8. The van der Waals surface area contributed by atoms with E-state index in [1.165, 1.54) is 42.7 Å². The Hall–Kier alpha value is -3.11. The highest BCUT2D eigenvalue weighted by atomic mass is 32.1. The minimum Gasteiger partial charge on any atom is -0.453 e. The summed E-state index contributed by atoms with van der Waals surface area (Å²) in [5.41, 5.74) is 1.19. The number of fused-ring (bicyclic) bond motifs is 1. The second-order valence-electron chi connectivity index (χ2n) is 12.5. The summed E-state index contributed by atoms with van der Waals surface area (Å²) < 4.78 is 21.7. The molecule has 10 heteroatoms. The fourth-order valence-corrected chi connectivity index (χ4v) is 9.40. The van der Waals surface area contributed by atoms with Gasteiger partial charge in [0.15, 0.2) is 16.7 Å². The highest BCUT2D eigenvalue weighted by Crippen LogP contribution is 2.61. The molecule has 7 nitrogen and oxygen atoms in total. The van der Waals surface area contributed by atoms with Gasteiger partial charge in [-0.05, 0) is 105 Å². The standard InChI is InChI=1S/C31H33FN4O3S2/c32-22-12-21(34-30(40)35-27(37)17-31-14-18-9-19(15-31)11-20(10-18)16-31)3-4-24(22)39-25-5-6-33-23-13-26(41-28(23)25)29(38)36-7-1-2-8-36/h3-6,12-13,18-20H,1-2,7-11,14-17H2,(H2,34,35,37,40). The van der Waals surface area contributed by atoms with Crippen LogP contribution in [0.3, 0.4) is 0 Å². The zero-order valence-electron chi connectivity index (χ0n) is 22.8. The number of thiophene rings is 1. The first kappa shape index (κ1) is 26.8. The van der Waals surface area contributed by atoms with Crippen molar-refractivity contribution < 1.29 is 18.7 Å². The summed E-state index contributed by atoms with van der Waals surface area (Å²) in [5.74, 6) is 2.19. The van der Waals surface area contributed by atoms with Crippen LogP contribution in [0.1, 0.15) is 67.5 Å². The summed E-state index contributed by atoms with van der Waals surface area (Å²) in [6.07, 6.45) is 11.6. The average molecular weight is 593 g/mol. The number of likely N-dealkylation sites (tertiary alicyclic amines) is 1. The van der Waals surface area contributed by atoms with E-state index in [0.717, 1.165) is 62.9 Å². The number of halogens is 1. The van der Waals surface area contributed by atoms with Crippen LogP contribution in [0.4, 0.5) is 10.1 Å². The Morgan fingerprint density at radius 1 is 1.05 bits per heavy atom. The molecule has 2 aromatic heterocycles. The molecule has 2 amide bonds. The Morgan fingerprint density at radius 3 is 2.44 bits per heavy atom. The van der Waals surface area contributed by atoms with Gasteiger partial charge in [-0.3, -0.25) is 14.6 Å². The lowest BCUT2D eigenvalue weighted by atomic mass is 9.49. The van der Waals surface area contributed by atoms with Gasteiger partial charge in [-0.1, -0.05) is 0 Å². The van der Waals surface area contributed by atoms with Crippen molar-refractivity contribution in [1.82, 2.24) is 15.2 Å². The monoisotopic (exact) mass is 592 g/mol. The Kier molecular flexibility index (Phi) is 6.93. The number of carbonyl (C=O) groups excluding carboxylic acids is 2. The van der Waals surface area contributed by atoms with Crippen LogP contribution in [0, 0.1) is 29.0 Å². The molecular formula is C31H33FN4O3S2. The fraction of sp³-hybridized carbons (Fsp3) is 0.484. The summed E-state index contributed by atoms with van der Waals surface area (Å²) in [7, 11) is 0. The number of nitrogens with zero attached hydrogens (tertiary/aromatic N) is 2. The fourth-order valence-electron chi connectivity index (χ4n) is 8.14. The Balaban J connectivity index is 0.985. The Labute approximate surface area is 247 Å². The van der Waals surface area contributed by atoms with E-state index in [0.29, 0.717) is 33.0 Å². The smallest absolute Gasteiger partial charge is 0.264 e. The summed E-state index contributed by atoms with van der Waals surface area (Å²) in [6, 6.07) is 7.92. The van der Waals surface area contributed by atoms with Crippen molar-refractivity contribution in [2.45, 2.75) is 57.8 Å². The zero-order valence-corrected chi connectivity index (χ0v) is 24.4. The van der Waals surface area contributed by atoms with E-state index in [-0.39, 0.29) is 28.1 Å². The van der Waals surface area contributed by atoms with E-state index in [1.54, 1.807) is 24.4 Å². The first-order valence-corrected chi connectivity index (χ1v) is 15.8. The topological polar surface area (TPSA) is 83.6 Å². The number of carbonyl (C=O) groups is 2. The van der Waals surface area contributed by atoms with Crippen molar-refractivity contribution in [3.63, 3.8) is 0 Å². The highest BCUT2D eigenvalue weighted by Gasteiger charge is 2.51. The van der Waals surface area contributed by atoms with E-state index in [4.69, 9.17) is 17.0 Å². The van der Waals surface area contributed by atoms with Gasteiger partial charge in [0.1, 0.15) is 5.75 Å². The first-order valence-electron chi connectivity index (χ1n) is 14.6. The van der Waals surface area contributed by atoms with Gasteiger partial charge in [-0.2, -0.15) is 0 Å². The van der Waals surface area contributed by atoms with Crippen LogP contribution < -0.4 is 15.4 Å². The van der Waals surface area contributed by atoms with E-state index in [2.05, 4.69) is 15.6 Å². The second-order valence-corrected chi connectivity index (χ2v) is 13.9. The number of nitrogens with one attached hydrogen (secondary N) is 2. The van der Waals surface area contributed by atoms with E-state index < -0.39 is 5.82 Å². The van der Waals surface area contributed by atoms with Crippen LogP contribution in [-0.2, 0) is 4.79 Å². The SMILES string of the molecule is O=C(CC12CC3CC(CC(C3)C1)C2)NC(=S)Nc1ccc(Oc2ccnc3cc(C(=O)N4CCCC4)sc23)c(F)c1. The zero-order chi connectivity index (χ0) is 28.1. The van der Waals surface area contributed by atoms with E-state index >= 15 is 4.39 Å². The molecule has 0 radical (unpaired) electrons. The summed E-state index contributed by atoms with van der Waals surface area (Å²) in [6.45, 7) is 1.54. The van der Waals surface area contributed by atoms with E-state index in [1.807, 2.05) is 4.90 Å². The largest absolute Gasteiger partial charge is 0.453 e. The second kappa shape index (κ2) is 10.6. The molecule has 5 fully saturated rings. The lowest BCUT2D eigenvalue weighted by molar-refractivity contribution is -0.127. The third-order valence-corrected chi connectivity index (χ3v) is 10.7. The summed E-state index contributed by atoms with van der Waals surface area (Å²) >= 11 is 6.70. The van der Waals surface area contributed by atoms with Crippen LogP contribution in [0.15, 0.2) is 36.5 Å². The minimum absolute atomic E-state index is 0.000877. The number of thiocarbonyl (C=S) groups is 1. The molecule has 1 aliphatic heterocycles. The predicted octanol–water partition coefficient (Wildman–Crippen LogP) is 6.88. The van der Waals surface area contributed by atoms with Gasteiger partial charge in [-0.15, -0.1) is 11.3 Å². The van der Waals surface area contributed by atoms with Crippen LogP contribution in [0.2, 0.25) is 0 Å². The van der Waals surface area contributed by atoms with Gasteiger partial charge in [-0.25, -0.2) is 4.39 Å². The number of rotatable bonds is 6. The maximum Gasteiger partial charge on any atom is 0.264 e. The summed E-state index contributed by atoms with van der Waals surface area (Å²) in [4.78, 5) is 32.6. The minimum atomic E-state index is -0.576. The molecule has 0 atom stereocenters. The molecule has 8 rings (SSSR count). The molecular weight excluding hydrogens is 559 g/mol. The van der Waals surface area contributed by atoms with Crippen LogP contribution in [-0.4, -0.2) is 39.9 Å². The van der Waals surface area contributed by atoms with Crippen LogP contribution in [0.25, 0.3) is 10.2 Å². The maximum atomic E-state index is 15.1. The number of aromatic nitrogens is 1. The molecule has 1 aromatic carbocycles. The molecule has 214 valence electrons. The molecule has 3 aromatic rings. The molecule has 4 saturated carbocycles. The lowest BCUT2D eigenvalue weighted by Crippen LogP contribution is -2.48. The van der Waals surface area contributed by atoms with Crippen molar-refractivity contribution in [3.8, 4) is 11.5 Å². The molecule has 0 spiro atoms. The number of benzene rings is 1. The number of pyridine rings is 1. The number of anilines is 1. The highest BCUT2D eigenvalue weighted by molar-refractivity contribution is 7.80.